The first-order valence-electron chi connectivity index (χ1n) is 8.10. The molecule has 0 bridgehead atoms. The molecule has 1 aromatic carbocycles. The van der Waals surface area contributed by atoms with Gasteiger partial charge in [0.1, 0.15) is 0 Å². The minimum absolute atomic E-state index is 0.146. The van der Waals surface area contributed by atoms with E-state index < -0.39 is 11.2 Å². The molecule has 27 heavy (non-hydrogen) atoms. The molecule has 3 aromatic rings. The molecule has 0 spiro atoms. The number of aryl methyl sites for hydroxylation is 2. The number of halogens is 1. The Kier molecular flexibility index (Phi) is 5.43. The van der Waals surface area contributed by atoms with E-state index in [0.29, 0.717) is 27.3 Å². The average Bonchev–Trinajstić information content (AvgIpc) is 2.95. The molecule has 0 aliphatic carbocycles. The van der Waals surface area contributed by atoms with Crippen LogP contribution < -0.4 is 16.6 Å². The Morgan fingerprint density at radius 1 is 1.19 bits per heavy atom. The fraction of sp³-hybridized carbons (Fsp3) is 0.294. The predicted molar refractivity (Wildman–Crippen MR) is 107 cm³/mol. The second kappa shape index (κ2) is 7.61. The van der Waals surface area contributed by atoms with Crippen LogP contribution in [0.2, 0.25) is 5.02 Å². The first kappa shape index (κ1) is 19.2. The lowest BCUT2D eigenvalue weighted by Crippen LogP contribution is -2.37. The predicted octanol–water partition coefficient (Wildman–Crippen LogP) is 1.74. The SMILES string of the molecule is Cn1c(=O)c2nc(SCCC(=O)Nc3cccc(Cl)c3)n(C)c2n(C)c1=O. The number of hydrogen-bond donors (Lipinski definition) is 1. The van der Waals surface area contributed by atoms with Crippen LogP contribution in [0.15, 0.2) is 39.0 Å². The molecule has 1 N–H and O–H groups in total. The zero-order valence-electron chi connectivity index (χ0n) is 15.0. The quantitative estimate of drug-likeness (QED) is 0.650. The van der Waals surface area contributed by atoms with Crippen LogP contribution in [0.3, 0.4) is 0 Å². The van der Waals surface area contributed by atoms with Gasteiger partial charge in [0, 0.05) is 44.0 Å². The number of carbonyl (C=O) groups excluding carboxylic acids is 1. The molecular formula is C17H18ClN5O3S. The fourth-order valence-corrected chi connectivity index (χ4v) is 3.81. The minimum atomic E-state index is -0.436. The molecule has 0 unspecified atom stereocenters. The van der Waals surface area contributed by atoms with E-state index in [9.17, 15) is 14.4 Å². The van der Waals surface area contributed by atoms with Crippen molar-refractivity contribution in [3.63, 3.8) is 0 Å². The molecule has 1 amide bonds. The standard InChI is InChI=1S/C17H18ClN5O3S/c1-21-14-13(15(25)23(3)17(26)22(14)2)20-16(21)27-8-7-12(24)19-11-6-4-5-10(18)9-11/h4-6,9H,7-8H2,1-3H3,(H,19,24). The second-order valence-corrected chi connectivity index (χ2v) is 7.49. The highest BCUT2D eigenvalue weighted by Crippen LogP contribution is 2.21. The van der Waals surface area contributed by atoms with E-state index in [2.05, 4.69) is 10.3 Å². The normalized spacial score (nSPS) is 11.1. The van der Waals surface area contributed by atoms with Crippen LogP contribution in [0.4, 0.5) is 5.69 Å². The van der Waals surface area contributed by atoms with Gasteiger partial charge in [0.15, 0.2) is 16.3 Å². The summed E-state index contributed by atoms with van der Waals surface area (Å²) < 4.78 is 4.11. The van der Waals surface area contributed by atoms with Crippen molar-refractivity contribution in [1.29, 1.82) is 0 Å². The number of carbonyl (C=O) groups is 1. The molecule has 2 heterocycles. The van der Waals surface area contributed by atoms with Gasteiger partial charge in [0.05, 0.1) is 0 Å². The monoisotopic (exact) mass is 407 g/mol. The molecule has 3 rings (SSSR count). The molecule has 0 atom stereocenters. The summed E-state index contributed by atoms with van der Waals surface area (Å²) in [6, 6.07) is 6.93. The average molecular weight is 408 g/mol. The van der Waals surface area contributed by atoms with E-state index in [4.69, 9.17) is 11.6 Å². The maximum Gasteiger partial charge on any atom is 0.332 e. The lowest BCUT2D eigenvalue weighted by atomic mass is 10.3. The number of imidazole rings is 1. The summed E-state index contributed by atoms with van der Waals surface area (Å²) in [5.41, 5.74) is 0.475. The van der Waals surface area contributed by atoms with Gasteiger partial charge in [-0.2, -0.15) is 0 Å². The summed E-state index contributed by atoms with van der Waals surface area (Å²) in [5.74, 6) is 0.324. The molecular weight excluding hydrogens is 390 g/mol. The number of thioether (sulfide) groups is 1. The second-order valence-electron chi connectivity index (χ2n) is 5.99. The summed E-state index contributed by atoms with van der Waals surface area (Å²) in [6.07, 6.45) is 0.261. The molecule has 0 saturated heterocycles. The largest absolute Gasteiger partial charge is 0.332 e. The van der Waals surface area contributed by atoms with Gasteiger partial charge in [-0.3, -0.25) is 18.7 Å². The summed E-state index contributed by atoms with van der Waals surface area (Å²) >= 11 is 7.24. The van der Waals surface area contributed by atoms with Gasteiger partial charge in [0.25, 0.3) is 5.56 Å². The zero-order chi connectivity index (χ0) is 19.7. The third-order valence-electron chi connectivity index (χ3n) is 4.09. The van der Waals surface area contributed by atoms with Crippen LogP contribution in [0.25, 0.3) is 11.2 Å². The van der Waals surface area contributed by atoms with Gasteiger partial charge < -0.3 is 9.88 Å². The Bertz CT molecular complexity index is 1150. The third-order valence-corrected chi connectivity index (χ3v) is 5.36. The molecule has 2 aromatic heterocycles. The molecule has 142 valence electrons. The van der Waals surface area contributed by atoms with Crippen molar-refractivity contribution in [2.45, 2.75) is 11.6 Å². The van der Waals surface area contributed by atoms with Crippen molar-refractivity contribution in [3.05, 3.63) is 50.1 Å². The highest BCUT2D eigenvalue weighted by molar-refractivity contribution is 7.99. The molecule has 0 aliphatic heterocycles. The number of rotatable bonds is 5. The first-order valence-corrected chi connectivity index (χ1v) is 9.46. The van der Waals surface area contributed by atoms with Gasteiger partial charge in [-0.05, 0) is 18.2 Å². The number of hydrogen-bond acceptors (Lipinski definition) is 5. The molecule has 0 aliphatic rings. The number of fused-ring (bicyclic) bond motifs is 1. The topological polar surface area (TPSA) is 90.9 Å². The summed E-state index contributed by atoms with van der Waals surface area (Å²) in [7, 11) is 4.76. The van der Waals surface area contributed by atoms with Crippen molar-refractivity contribution in [3.8, 4) is 0 Å². The van der Waals surface area contributed by atoms with Crippen LogP contribution in [0.5, 0.6) is 0 Å². The zero-order valence-corrected chi connectivity index (χ0v) is 16.6. The Labute approximate surface area is 163 Å². The van der Waals surface area contributed by atoms with Crippen molar-refractivity contribution in [2.24, 2.45) is 21.1 Å². The van der Waals surface area contributed by atoms with E-state index >= 15 is 0 Å². The van der Waals surface area contributed by atoms with Gasteiger partial charge in [-0.1, -0.05) is 29.4 Å². The molecule has 8 nitrogen and oxygen atoms in total. The number of amides is 1. The van der Waals surface area contributed by atoms with Gasteiger partial charge in [-0.15, -0.1) is 0 Å². The van der Waals surface area contributed by atoms with E-state index in [1.165, 1.54) is 23.4 Å². The Morgan fingerprint density at radius 2 is 1.93 bits per heavy atom. The summed E-state index contributed by atoms with van der Waals surface area (Å²) in [4.78, 5) is 40.8. The van der Waals surface area contributed by atoms with E-state index in [-0.39, 0.29) is 17.8 Å². The maximum absolute atomic E-state index is 12.3. The summed E-state index contributed by atoms with van der Waals surface area (Å²) in [6.45, 7) is 0. The Morgan fingerprint density at radius 3 is 2.63 bits per heavy atom. The lowest BCUT2D eigenvalue weighted by Gasteiger charge is -2.07. The number of nitrogens with zero attached hydrogens (tertiary/aromatic N) is 4. The molecule has 0 radical (unpaired) electrons. The summed E-state index contributed by atoms with van der Waals surface area (Å²) in [5, 5.41) is 3.90. The van der Waals surface area contributed by atoms with Gasteiger partial charge in [0.2, 0.25) is 5.91 Å². The lowest BCUT2D eigenvalue weighted by molar-refractivity contribution is -0.115. The van der Waals surface area contributed by atoms with E-state index in [1.807, 2.05) is 0 Å². The Balaban J connectivity index is 1.72. The number of nitrogens with one attached hydrogen (secondary N) is 1. The van der Waals surface area contributed by atoms with Gasteiger partial charge in [-0.25, -0.2) is 9.78 Å². The van der Waals surface area contributed by atoms with Crippen molar-refractivity contribution in [2.75, 3.05) is 11.1 Å². The first-order chi connectivity index (χ1) is 12.8. The maximum atomic E-state index is 12.3. The molecule has 0 fully saturated rings. The highest BCUT2D eigenvalue weighted by Gasteiger charge is 2.17. The van der Waals surface area contributed by atoms with E-state index in [0.717, 1.165) is 4.57 Å². The van der Waals surface area contributed by atoms with Crippen LogP contribution in [0, 0.1) is 0 Å². The smallest absolute Gasteiger partial charge is 0.326 e. The van der Waals surface area contributed by atoms with Crippen LogP contribution >= 0.6 is 23.4 Å². The Hall–Kier alpha value is -2.52. The van der Waals surface area contributed by atoms with Crippen molar-refractivity contribution >= 4 is 46.1 Å². The van der Waals surface area contributed by atoms with Gasteiger partial charge >= 0.3 is 5.69 Å². The van der Waals surface area contributed by atoms with Crippen molar-refractivity contribution in [1.82, 2.24) is 18.7 Å². The minimum Gasteiger partial charge on any atom is -0.326 e. The molecule has 0 saturated carbocycles. The van der Waals surface area contributed by atoms with Crippen LogP contribution in [-0.4, -0.2) is 30.3 Å². The highest BCUT2D eigenvalue weighted by atomic mass is 35.5. The van der Waals surface area contributed by atoms with Crippen LogP contribution in [-0.2, 0) is 25.9 Å². The fourth-order valence-electron chi connectivity index (χ4n) is 2.71. The van der Waals surface area contributed by atoms with E-state index in [1.54, 1.807) is 42.9 Å². The van der Waals surface area contributed by atoms with Crippen molar-refractivity contribution < 1.29 is 4.79 Å². The number of aromatic nitrogens is 4. The number of benzene rings is 1. The van der Waals surface area contributed by atoms with Crippen LogP contribution in [0.1, 0.15) is 6.42 Å². The third kappa shape index (κ3) is 3.79. The molecule has 10 heteroatoms. The number of anilines is 1.